The average Bonchev–Trinajstić information content (AvgIpc) is 2.47. The van der Waals surface area contributed by atoms with Crippen LogP contribution >= 0.6 is 0 Å². The number of benzene rings is 1. The van der Waals surface area contributed by atoms with E-state index in [-0.39, 0.29) is 6.61 Å². The molecule has 6 heteroatoms. The molecule has 0 fully saturated rings. The number of hydrogen-bond donors (Lipinski definition) is 4. The summed E-state index contributed by atoms with van der Waals surface area (Å²) < 4.78 is 5.18. The van der Waals surface area contributed by atoms with Crippen LogP contribution in [0.25, 0.3) is 0 Å². The van der Waals surface area contributed by atoms with Gasteiger partial charge in [-0.1, -0.05) is 30.3 Å². The fraction of sp³-hybridized carbons (Fsp3) is 0.462. The molecular formula is C13H18O6. The van der Waals surface area contributed by atoms with Gasteiger partial charge in [-0.2, -0.15) is 0 Å². The third-order valence-corrected chi connectivity index (χ3v) is 2.69. The summed E-state index contributed by atoms with van der Waals surface area (Å²) in [5, 5.41) is 37.0. The van der Waals surface area contributed by atoms with Gasteiger partial charge >= 0.3 is 0 Å². The Morgan fingerprint density at radius 3 is 2.26 bits per heavy atom. The molecule has 4 unspecified atom stereocenters. The molecule has 1 rings (SSSR count). The minimum absolute atomic E-state index is 0.0866. The average molecular weight is 270 g/mol. The first kappa shape index (κ1) is 15.7. The van der Waals surface area contributed by atoms with E-state index in [1.807, 2.05) is 6.07 Å². The fourth-order valence-corrected chi connectivity index (χ4v) is 1.51. The van der Waals surface area contributed by atoms with Crippen molar-refractivity contribution in [1.82, 2.24) is 0 Å². The Labute approximate surface area is 110 Å². The predicted octanol–water partition coefficient (Wildman–Crippen LogP) is -1.15. The summed E-state index contributed by atoms with van der Waals surface area (Å²) >= 11 is 0. The van der Waals surface area contributed by atoms with E-state index in [1.54, 1.807) is 24.3 Å². The summed E-state index contributed by atoms with van der Waals surface area (Å²) in [6.07, 6.45) is -5.73. The predicted molar refractivity (Wildman–Crippen MR) is 66.2 cm³/mol. The van der Waals surface area contributed by atoms with Crippen molar-refractivity contribution in [3.8, 4) is 0 Å². The normalized spacial score (nSPS) is 17.5. The van der Waals surface area contributed by atoms with Crippen LogP contribution in [0.1, 0.15) is 5.56 Å². The van der Waals surface area contributed by atoms with E-state index in [9.17, 15) is 20.1 Å². The van der Waals surface area contributed by atoms with Gasteiger partial charge in [0.1, 0.15) is 24.4 Å². The summed E-state index contributed by atoms with van der Waals surface area (Å²) in [6, 6.07) is 9.00. The molecule has 6 nitrogen and oxygen atoms in total. The number of carbonyl (C=O) groups excluding carboxylic acids is 1. The number of hydrogen-bond acceptors (Lipinski definition) is 6. The van der Waals surface area contributed by atoms with E-state index in [0.717, 1.165) is 5.56 Å². The van der Waals surface area contributed by atoms with Gasteiger partial charge in [0.05, 0.1) is 13.2 Å². The van der Waals surface area contributed by atoms with E-state index in [1.165, 1.54) is 0 Å². The Balaban J connectivity index is 2.55. The van der Waals surface area contributed by atoms with Gasteiger partial charge in [-0.05, 0) is 5.56 Å². The van der Waals surface area contributed by atoms with Crippen LogP contribution in [-0.4, -0.2) is 57.7 Å². The Kier molecular flexibility index (Phi) is 6.61. The van der Waals surface area contributed by atoms with Crippen molar-refractivity contribution in [3.05, 3.63) is 35.9 Å². The van der Waals surface area contributed by atoms with Crippen molar-refractivity contribution < 1.29 is 30.0 Å². The molecule has 0 heterocycles. The maximum atomic E-state index is 10.8. The second-order valence-corrected chi connectivity index (χ2v) is 4.13. The molecule has 0 saturated heterocycles. The first-order valence-corrected chi connectivity index (χ1v) is 5.86. The van der Waals surface area contributed by atoms with Gasteiger partial charge in [-0.15, -0.1) is 0 Å². The van der Waals surface area contributed by atoms with Crippen molar-refractivity contribution in [3.63, 3.8) is 0 Å². The molecule has 0 amide bonds. The lowest BCUT2D eigenvalue weighted by atomic mass is 10.0. The molecule has 19 heavy (non-hydrogen) atoms. The number of aliphatic hydroxyl groups is 4. The minimum Gasteiger partial charge on any atom is -0.394 e. The molecule has 0 aromatic heterocycles. The summed E-state index contributed by atoms with van der Waals surface area (Å²) in [4.78, 5) is 10.8. The SMILES string of the molecule is O=CC(OCc1ccccc1)C(O)C(O)C(O)CO. The van der Waals surface area contributed by atoms with Crippen LogP contribution in [0.4, 0.5) is 0 Å². The Hall–Kier alpha value is -1.31. The largest absolute Gasteiger partial charge is 0.394 e. The van der Waals surface area contributed by atoms with Gasteiger partial charge in [-0.25, -0.2) is 0 Å². The summed E-state index contributed by atoms with van der Waals surface area (Å²) in [6.45, 7) is -0.633. The first-order chi connectivity index (χ1) is 9.10. The zero-order valence-corrected chi connectivity index (χ0v) is 10.3. The third-order valence-electron chi connectivity index (χ3n) is 2.69. The number of ether oxygens (including phenoxy) is 1. The molecule has 0 spiro atoms. The standard InChI is InChI=1S/C13H18O6/c14-6-10(16)12(17)13(18)11(7-15)19-8-9-4-2-1-3-5-9/h1-5,7,10-14,16-18H,6,8H2. The van der Waals surface area contributed by atoms with Gasteiger partial charge in [0, 0.05) is 0 Å². The second-order valence-electron chi connectivity index (χ2n) is 4.13. The maximum Gasteiger partial charge on any atom is 0.151 e. The molecule has 0 aliphatic rings. The van der Waals surface area contributed by atoms with Gasteiger partial charge in [0.25, 0.3) is 0 Å². The summed E-state index contributed by atoms with van der Waals surface area (Å²) in [7, 11) is 0. The highest BCUT2D eigenvalue weighted by Crippen LogP contribution is 2.10. The van der Waals surface area contributed by atoms with Crippen LogP contribution in [0.15, 0.2) is 30.3 Å². The molecule has 0 aliphatic carbocycles. The zero-order chi connectivity index (χ0) is 14.3. The summed E-state index contributed by atoms with van der Waals surface area (Å²) in [5.74, 6) is 0. The quantitative estimate of drug-likeness (QED) is 0.444. The smallest absolute Gasteiger partial charge is 0.151 e. The van der Waals surface area contributed by atoms with Gasteiger partial charge < -0.3 is 30.0 Å². The van der Waals surface area contributed by atoms with Crippen molar-refractivity contribution in [2.75, 3.05) is 6.61 Å². The molecule has 4 atom stereocenters. The number of aldehydes is 1. The van der Waals surface area contributed by atoms with E-state index >= 15 is 0 Å². The zero-order valence-electron chi connectivity index (χ0n) is 10.3. The highest BCUT2D eigenvalue weighted by atomic mass is 16.5. The maximum absolute atomic E-state index is 10.8. The Morgan fingerprint density at radius 2 is 1.74 bits per heavy atom. The highest BCUT2D eigenvalue weighted by Gasteiger charge is 2.31. The molecule has 0 aliphatic heterocycles. The van der Waals surface area contributed by atoms with E-state index in [0.29, 0.717) is 6.29 Å². The van der Waals surface area contributed by atoms with Crippen LogP contribution < -0.4 is 0 Å². The Morgan fingerprint density at radius 1 is 1.11 bits per heavy atom. The van der Waals surface area contributed by atoms with Crippen LogP contribution in [-0.2, 0) is 16.1 Å². The molecule has 106 valence electrons. The monoisotopic (exact) mass is 270 g/mol. The van der Waals surface area contributed by atoms with Crippen molar-refractivity contribution >= 4 is 6.29 Å². The number of carbonyl (C=O) groups is 1. The molecular weight excluding hydrogens is 252 g/mol. The van der Waals surface area contributed by atoms with Crippen molar-refractivity contribution in [2.45, 2.75) is 31.0 Å². The molecule has 1 aromatic rings. The van der Waals surface area contributed by atoms with Crippen LogP contribution in [0, 0.1) is 0 Å². The highest BCUT2D eigenvalue weighted by molar-refractivity contribution is 5.57. The summed E-state index contributed by atoms with van der Waals surface area (Å²) in [5.41, 5.74) is 0.804. The van der Waals surface area contributed by atoms with Gasteiger partial charge in [0.15, 0.2) is 6.29 Å². The fourth-order valence-electron chi connectivity index (χ4n) is 1.51. The lowest BCUT2D eigenvalue weighted by Crippen LogP contribution is -2.47. The third kappa shape index (κ3) is 4.70. The lowest BCUT2D eigenvalue weighted by Gasteiger charge is -2.25. The Bertz CT molecular complexity index is 369. The van der Waals surface area contributed by atoms with Crippen LogP contribution in [0.5, 0.6) is 0 Å². The number of aliphatic hydroxyl groups excluding tert-OH is 4. The molecule has 0 saturated carbocycles. The minimum atomic E-state index is -1.66. The number of rotatable bonds is 8. The van der Waals surface area contributed by atoms with E-state index in [2.05, 4.69) is 0 Å². The molecule has 0 bridgehead atoms. The topological polar surface area (TPSA) is 107 Å². The van der Waals surface area contributed by atoms with Crippen molar-refractivity contribution in [1.29, 1.82) is 0 Å². The van der Waals surface area contributed by atoms with E-state index in [4.69, 9.17) is 9.84 Å². The lowest BCUT2D eigenvalue weighted by molar-refractivity contribution is -0.147. The van der Waals surface area contributed by atoms with Crippen LogP contribution in [0.2, 0.25) is 0 Å². The molecule has 4 N–H and O–H groups in total. The van der Waals surface area contributed by atoms with Gasteiger partial charge in [0.2, 0.25) is 0 Å². The van der Waals surface area contributed by atoms with Crippen molar-refractivity contribution in [2.24, 2.45) is 0 Å². The van der Waals surface area contributed by atoms with E-state index < -0.39 is 31.0 Å². The van der Waals surface area contributed by atoms with Crippen LogP contribution in [0.3, 0.4) is 0 Å². The molecule has 0 radical (unpaired) electrons. The second kappa shape index (κ2) is 7.98. The molecule has 1 aromatic carbocycles. The first-order valence-electron chi connectivity index (χ1n) is 5.86. The van der Waals surface area contributed by atoms with Gasteiger partial charge in [-0.3, -0.25) is 0 Å².